The minimum absolute atomic E-state index is 0.0564. The largest absolute Gasteiger partial charge is 0.497 e. The number of carbonyl (C=O) groups is 2. The SMILES string of the molecule is COc1ccc(C(OC[C@H]2O[C@@H](N3CC(I)C(=O)NC3=O)C[C@@H]2OP(OCCC#N)N(C(C)C)C(C)C)(c2ccccc2)c2ccc(OC)cc2)cc1. The van der Waals surface area contributed by atoms with Crippen LogP contribution in [0.4, 0.5) is 4.79 Å². The van der Waals surface area contributed by atoms with Gasteiger partial charge in [0, 0.05) is 25.0 Å². The van der Waals surface area contributed by atoms with Gasteiger partial charge >= 0.3 is 6.03 Å². The second kappa shape index (κ2) is 18.8. The van der Waals surface area contributed by atoms with Gasteiger partial charge < -0.3 is 28.0 Å². The van der Waals surface area contributed by atoms with Crippen LogP contribution < -0.4 is 14.8 Å². The van der Waals surface area contributed by atoms with Crippen molar-refractivity contribution in [2.45, 2.75) is 80.6 Å². The minimum atomic E-state index is -1.65. The number of imide groups is 1. The van der Waals surface area contributed by atoms with Gasteiger partial charge in [0.15, 0.2) is 0 Å². The van der Waals surface area contributed by atoms with Crippen LogP contribution in [0.5, 0.6) is 11.5 Å². The number of halogens is 1. The fraction of sp³-hybridized carbons (Fsp3) is 0.462. The van der Waals surface area contributed by atoms with Gasteiger partial charge in [0.1, 0.15) is 33.4 Å². The molecule has 3 aromatic rings. The summed E-state index contributed by atoms with van der Waals surface area (Å²) in [6, 6.07) is 27.3. The van der Waals surface area contributed by atoms with Gasteiger partial charge in [-0.3, -0.25) is 15.0 Å². The number of ether oxygens (including phenoxy) is 4. The third-order valence-corrected chi connectivity index (χ3v) is 12.3. The van der Waals surface area contributed by atoms with Crippen LogP contribution in [-0.4, -0.2) is 89.9 Å². The first-order valence-electron chi connectivity index (χ1n) is 17.7. The van der Waals surface area contributed by atoms with E-state index < -0.39 is 42.5 Å². The van der Waals surface area contributed by atoms with Gasteiger partial charge in [-0.15, -0.1) is 0 Å². The van der Waals surface area contributed by atoms with Crippen LogP contribution in [0.15, 0.2) is 78.9 Å². The van der Waals surface area contributed by atoms with E-state index >= 15 is 0 Å². The summed E-state index contributed by atoms with van der Waals surface area (Å²) in [5, 5.41) is 11.8. The molecule has 284 valence electrons. The topological polar surface area (TPSA) is 132 Å². The quantitative estimate of drug-likeness (QED) is 0.0492. The van der Waals surface area contributed by atoms with Crippen molar-refractivity contribution in [3.8, 4) is 17.6 Å². The first-order chi connectivity index (χ1) is 25.5. The zero-order chi connectivity index (χ0) is 38.1. The molecule has 0 aliphatic carbocycles. The van der Waals surface area contributed by atoms with Gasteiger partial charge in [-0.25, -0.2) is 9.46 Å². The molecule has 2 aliphatic heterocycles. The lowest BCUT2D eigenvalue weighted by atomic mass is 9.80. The first-order valence-corrected chi connectivity index (χ1v) is 20.0. The van der Waals surface area contributed by atoms with Crippen molar-refractivity contribution >= 4 is 43.1 Å². The first kappa shape index (κ1) is 40.8. The van der Waals surface area contributed by atoms with Crippen LogP contribution in [0.1, 0.15) is 57.2 Å². The summed E-state index contributed by atoms with van der Waals surface area (Å²) in [4.78, 5) is 27.1. The monoisotopic (exact) mass is 858 g/mol. The summed E-state index contributed by atoms with van der Waals surface area (Å²) in [6.07, 6.45) is -1.41. The summed E-state index contributed by atoms with van der Waals surface area (Å²) < 4.78 is 39.9. The number of nitrogens with one attached hydrogen (secondary N) is 1. The fourth-order valence-electron chi connectivity index (χ4n) is 6.69. The Bertz CT molecular complexity index is 1640. The lowest BCUT2D eigenvalue weighted by Gasteiger charge is -2.39. The van der Waals surface area contributed by atoms with Gasteiger partial charge in [0.05, 0.1) is 46.0 Å². The molecular weight excluding hydrogens is 810 g/mol. The highest BCUT2D eigenvalue weighted by atomic mass is 127. The Kier molecular flexibility index (Phi) is 14.5. The number of methoxy groups -OCH3 is 2. The molecule has 14 heteroatoms. The Balaban J connectivity index is 1.57. The number of hydrogen-bond acceptors (Lipinski definition) is 10. The number of nitrogens with zero attached hydrogens (tertiary/aromatic N) is 3. The molecule has 0 radical (unpaired) electrons. The Morgan fingerprint density at radius 2 is 1.51 bits per heavy atom. The lowest BCUT2D eigenvalue weighted by Crippen LogP contribution is -2.58. The van der Waals surface area contributed by atoms with E-state index in [1.165, 1.54) is 0 Å². The Morgan fingerprint density at radius 1 is 0.943 bits per heavy atom. The van der Waals surface area contributed by atoms with Crippen LogP contribution in [0, 0.1) is 11.3 Å². The van der Waals surface area contributed by atoms with E-state index in [-0.39, 0.29) is 44.2 Å². The number of hydrogen-bond donors (Lipinski definition) is 1. The van der Waals surface area contributed by atoms with Gasteiger partial charge in [0.25, 0.3) is 8.53 Å². The van der Waals surface area contributed by atoms with E-state index in [2.05, 4.69) is 43.8 Å². The number of amides is 3. The normalized spacial score (nSPS) is 21.2. The maximum absolute atomic E-state index is 13.2. The van der Waals surface area contributed by atoms with Crippen molar-refractivity contribution in [1.82, 2.24) is 14.9 Å². The van der Waals surface area contributed by atoms with Crippen LogP contribution >= 0.6 is 31.1 Å². The Labute approximate surface area is 327 Å². The van der Waals surface area contributed by atoms with Gasteiger partial charge in [-0.2, -0.15) is 5.26 Å². The second-order valence-electron chi connectivity index (χ2n) is 13.3. The molecule has 0 bridgehead atoms. The maximum Gasteiger partial charge on any atom is 0.326 e. The lowest BCUT2D eigenvalue weighted by molar-refractivity contribution is -0.124. The summed E-state index contributed by atoms with van der Waals surface area (Å²) in [5.41, 5.74) is 1.48. The van der Waals surface area contributed by atoms with E-state index in [1.54, 1.807) is 19.1 Å². The number of carbonyl (C=O) groups excluding carboxylic acids is 2. The van der Waals surface area contributed by atoms with E-state index in [0.717, 1.165) is 16.7 Å². The van der Waals surface area contributed by atoms with Gasteiger partial charge in [0.2, 0.25) is 5.91 Å². The van der Waals surface area contributed by atoms with Crippen LogP contribution in [0.25, 0.3) is 0 Å². The molecule has 1 N–H and O–H groups in total. The average Bonchev–Trinajstić information content (AvgIpc) is 3.56. The molecule has 12 nitrogen and oxygen atoms in total. The summed E-state index contributed by atoms with van der Waals surface area (Å²) in [6.45, 7) is 8.77. The molecule has 0 spiro atoms. The zero-order valence-corrected chi connectivity index (χ0v) is 34.0. The summed E-state index contributed by atoms with van der Waals surface area (Å²) in [5.74, 6) is 1.08. The standard InChI is InChI=1S/C39H48IN4O8P/c1-26(2)44(27(3)4)53(50-22-10-21-41)52-34-23-36(43-24-33(40)37(45)42-38(43)46)51-35(34)25-49-39(28-11-8-7-9-12-28,29-13-17-31(47-5)18-14-29)30-15-19-32(48-6)20-16-30/h7-9,11-20,26-27,33-36H,10,22-25H2,1-6H3,(H,42,45,46)/t33?,34-,35+,36+,53?/m0/s1. The molecule has 2 heterocycles. The molecule has 3 aromatic carbocycles. The number of alkyl halides is 1. The van der Waals surface area contributed by atoms with E-state index in [1.807, 2.05) is 101 Å². The highest BCUT2D eigenvalue weighted by Gasteiger charge is 2.48. The molecule has 2 unspecified atom stereocenters. The van der Waals surface area contributed by atoms with Crippen LogP contribution in [0.3, 0.4) is 0 Å². The molecule has 5 atom stereocenters. The van der Waals surface area contributed by atoms with Crippen LogP contribution in [-0.2, 0) is 28.9 Å². The van der Waals surface area contributed by atoms with E-state index in [0.29, 0.717) is 17.9 Å². The van der Waals surface area contributed by atoms with Crippen molar-refractivity contribution in [1.29, 1.82) is 5.26 Å². The van der Waals surface area contributed by atoms with Crippen molar-refractivity contribution in [3.05, 3.63) is 95.6 Å². The predicted molar refractivity (Wildman–Crippen MR) is 210 cm³/mol. The average molecular weight is 859 g/mol. The number of urea groups is 1. The maximum atomic E-state index is 13.2. The molecule has 2 saturated heterocycles. The highest BCUT2D eigenvalue weighted by molar-refractivity contribution is 14.1. The van der Waals surface area contributed by atoms with Crippen molar-refractivity contribution in [2.75, 3.05) is 34.0 Å². The smallest absolute Gasteiger partial charge is 0.326 e. The Morgan fingerprint density at radius 3 is 2.04 bits per heavy atom. The van der Waals surface area contributed by atoms with Crippen molar-refractivity contribution in [3.63, 3.8) is 0 Å². The predicted octanol–water partition coefficient (Wildman–Crippen LogP) is 7.14. The molecule has 2 fully saturated rings. The molecule has 0 aromatic heterocycles. The molecular formula is C39H48IN4O8P. The molecule has 5 rings (SSSR count). The molecule has 0 saturated carbocycles. The summed E-state index contributed by atoms with van der Waals surface area (Å²) in [7, 11) is 1.61. The van der Waals surface area contributed by atoms with Crippen molar-refractivity contribution in [2.24, 2.45) is 0 Å². The Hall–Kier alpha value is -3.35. The number of rotatable bonds is 17. The van der Waals surface area contributed by atoms with E-state index in [9.17, 15) is 14.9 Å². The highest BCUT2D eigenvalue weighted by Crippen LogP contribution is 2.50. The van der Waals surface area contributed by atoms with Gasteiger partial charge in [-0.05, 0) is 68.7 Å². The minimum Gasteiger partial charge on any atom is -0.497 e. The third kappa shape index (κ3) is 9.49. The molecule has 53 heavy (non-hydrogen) atoms. The van der Waals surface area contributed by atoms with Crippen molar-refractivity contribution < 1.29 is 37.6 Å². The second-order valence-corrected chi connectivity index (χ2v) is 16.2. The summed E-state index contributed by atoms with van der Waals surface area (Å²) >= 11 is 2.04. The molecule has 3 amide bonds. The van der Waals surface area contributed by atoms with Crippen LogP contribution in [0.2, 0.25) is 0 Å². The number of nitriles is 1. The zero-order valence-electron chi connectivity index (χ0n) is 30.9. The number of benzene rings is 3. The molecule has 2 aliphatic rings. The van der Waals surface area contributed by atoms with Gasteiger partial charge in [-0.1, -0.05) is 77.2 Å². The third-order valence-electron chi connectivity index (χ3n) is 9.19. The van der Waals surface area contributed by atoms with E-state index in [4.69, 9.17) is 28.0 Å². The fourth-order valence-corrected chi connectivity index (χ4v) is 9.03.